The van der Waals surface area contributed by atoms with Gasteiger partial charge in [-0.15, -0.1) is 0 Å². The van der Waals surface area contributed by atoms with Crippen LogP contribution in [0.4, 0.5) is 0 Å². The normalized spacial score (nSPS) is 18.6. The highest BCUT2D eigenvalue weighted by Crippen LogP contribution is 2.05. The monoisotopic (exact) mass is 266 g/mol. The first kappa shape index (κ1) is 13.5. The van der Waals surface area contributed by atoms with Gasteiger partial charge in [0.25, 0.3) is 5.56 Å². The molecule has 1 aliphatic heterocycles. The number of rotatable bonds is 4. The second-order valence-corrected chi connectivity index (χ2v) is 4.81. The molecule has 0 aromatic carbocycles. The third kappa shape index (κ3) is 2.93. The summed E-state index contributed by atoms with van der Waals surface area (Å²) in [5.74, 6) is 0.0766. The number of hydrogen-bond donors (Lipinski definition) is 2. The van der Waals surface area contributed by atoms with Gasteiger partial charge in [-0.1, -0.05) is 0 Å². The average Bonchev–Trinajstić information content (AvgIpc) is 2.79. The number of amides is 1. The third-order valence-electron chi connectivity index (χ3n) is 3.41. The molecule has 1 fully saturated rings. The average molecular weight is 266 g/mol. The molecule has 1 unspecified atom stereocenters. The van der Waals surface area contributed by atoms with E-state index in [-0.39, 0.29) is 23.2 Å². The molecule has 1 amide bonds. The van der Waals surface area contributed by atoms with Crippen molar-refractivity contribution in [2.24, 2.45) is 14.1 Å². The van der Waals surface area contributed by atoms with E-state index in [1.807, 2.05) is 0 Å². The van der Waals surface area contributed by atoms with Crippen molar-refractivity contribution in [3.05, 3.63) is 32.6 Å². The second kappa shape index (κ2) is 5.40. The Hall–Kier alpha value is -1.89. The summed E-state index contributed by atoms with van der Waals surface area (Å²) in [6, 6.07) is 1.58. The summed E-state index contributed by atoms with van der Waals surface area (Å²) in [6.07, 6.45) is 1.39. The van der Waals surface area contributed by atoms with Crippen LogP contribution in [-0.4, -0.2) is 27.6 Å². The fourth-order valence-electron chi connectivity index (χ4n) is 2.15. The number of hydrogen-bond acceptors (Lipinski definition) is 4. The lowest BCUT2D eigenvalue weighted by molar-refractivity contribution is -0.119. The summed E-state index contributed by atoms with van der Waals surface area (Å²) in [7, 11) is 3.09. The molecular formula is C12H18N4O3. The molecular weight excluding hydrogens is 248 g/mol. The fourth-order valence-corrected chi connectivity index (χ4v) is 2.15. The van der Waals surface area contributed by atoms with Crippen LogP contribution in [0.15, 0.2) is 15.7 Å². The zero-order chi connectivity index (χ0) is 14.0. The van der Waals surface area contributed by atoms with Gasteiger partial charge in [-0.2, -0.15) is 0 Å². The van der Waals surface area contributed by atoms with E-state index in [0.717, 1.165) is 11.0 Å². The summed E-state index contributed by atoms with van der Waals surface area (Å²) in [5, 5.41) is 6.01. The van der Waals surface area contributed by atoms with E-state index in [1.54, 1.807) is 7.05 Å². The Morgan fingerprint density at radius 3 is 2.68 bits per heavy atom. The van der Waals surface area contributed by atoms with Crippen molar-refractivity contribution in [3.63, 3.8) is 0 Å². The van der Waals surface area contributed by atoms with E-state index in [2.05, 4.69) is 10.6 Å². The van der Waals surface area contributed by atoms with E-state index >= 15 is 0 Å². The molecule has 19 heavy (non-hydrogen) atoms. The van der Waals surface area contributed by atoms with Crippen molar-refractivity contribution in [2.75, 3.05) is 6.54 Å². The van der Waals surface area contributed by atoms with Gasteiger partial charge in [0.1, 0.15) is 0 Å². The summed E-state index contributed by atoms with van der Waals surface area (Å²) < 4.78 is 2.52. The van der Waals surface area contributed by atoms with Gasteiger partial charge in [-0.25, -0.2) is 4.79 Å². The first-order valence-corrected chi connectivity index (χ1v) is 6.25. The molecule has 2 rings (SSSR count). The summed E-state index contributed by atoms with van der Waals surface area (Å²) in [6.45, 7) is 1.06. The molecule has 0 radical (unpaired) electrons. The van der Waals surface area contributed by atoms with Crippen LogP contribution in [0.5, 0.6) is 0 Å². The molecule has 1 atom stereocenters. The van der Waals surface area contributed by atoms with E-state index in [0.29, 0.717) is 25.2 Å². The van der Waals surface area contributed by atoms with Gasteiger partial charge in [-0.05, 0) is 6.42 Å². The Bertz CT molecular complexity index is 602. The topological polar surface area (TPSA) is 85.1 Å². The lowest BCUT2D eigenvalue weighted by Gasteiger charge is -2.13. The van der Waals surface area contributed by atoms with Gasteiger partial charge < -0.3 is 10.6 Å². The Balaban J connectivity index is 1.98. The lowest BCUT2D eigenvalue weighted by atomic mass is 10.2. The first-order chi connectivity index (χ1) is 8.99. The number of carbonyl (C=O) groups excluding carboxylic acids is 1. The molecule has 0 spiro atoms. The highest BCUT2D eigenvalue weighted by molar-refractivity contribution is 5.78. The minimum Gasteiger partial charge on any atom is -0.352 e. The minimum absolute atomic E-state index is 0.0766. The van der Waals surface area contributed by atoms with Crippen molar-refractivity contribution < 1.29 is 4.79 Å². The van der Waals surface area contributed by atoms with Crippen LogP contribution >= 0.6 is 0 Å². The molecule has 1 aromatic rings. The predicted molar refractivity (Wildman–Crippen MR) is 69.8 cm³/mol. The molecule has 0 saturated carbocycles. The molecule has 104 valence electrons. The number of nitrogens with one attached hydrogen (secondary N) is 2. The Labute approximate surface area is 110 Å². The van der Waals surface area contributed by atoms with Gasteiger partial charge in [0.05, 0.1) is 0 Å². The van der Waals surface area contributed by atoms with Gasteiger partial charge in [-0.3, -0.25) is 18.7 Å². The van der Waals surface area contributed by atoms with Crippen LogP contribution in [-0.2, 0) is 25.4 Å². The van der Waals surface area contributed by atoms with Gasteiger partial charge >= 0.3 is 5.69 Å². The number of aromatic nitrogens is 2. The molecule has 0 bridgehead atoms. The van der Waals surface area contributed by atoms with E-state index < -0.39 is 0 Å². The lowest BCUT2D eigenvalue weighted by Crippen LogP contribution is -2.40. The summed E-state index contributed by atoms with van der Waals surface area (Å²) >= 11 is 0. The van der Waals surface area contributed by atoms with Crippen molar-refractivity contribution >= 4 is 5.91 Å². The largest absolute Gasteiger partial charge is 0.352 e. The molecule has 2 N–H and O–H groups in total. The predicted octanol–water partition coefficient (Wildman–Crippen LogP) is -1.55. The smallest absolute Gasteiger partial charge is 0.330 e. The zero-order valence-electron chi connectivity index (χ0n) is 11.1. The molecule has 1 aromatic heterocycles. The van der Waals surface area contributed by atoms with Crippen LogP contribution in [0.2, 0.25) is 0 Å². The van der Waals surface area contributed by atoms with Crippen LogP contribution in [0.1, 0.15) is 18.5 Å². The van der Waals surface area contributed by atoms with Crippen LogP contribution in [0, 0.1) is 0 Å². The van der Waals surface area contributed by atoms with Gasteiger partial charge in [0.2, 0.25) is 5.91 Å². The van der Waals surface area contributed by atoms with Crippen molar-refractivity contribution in [2.45, 2.75) is 25.4 Å². The number of nitrogens with zero attached hydrogens (tertiary/aromatic N) is 2. The zero-order valence-corrected chi connectivity index (χ0v) is 11.1. The highest BCUT2D eigenvalue weighted by atomic mass is 16.2. The van der Waals surface area contributed by atoms with Gasteiger partial charge in [0.15, 0.2) is 0 Å². The standard InChI is InChI=1S/C12H18N4O3/c1-15-9(5-11(18)16(2)12(15)19)7-13-6-8-3-4-10(17)14-8/h5,8,13H,3-4,6-7H2,1-2H3,(H,14,17). The van der Waals surface area contributed by atoms with Crippen molar-refractivity contribution in [3.8, 4) is 0 Å². The molecule has 1 aliphatic rings. The molecule has 0 aliphatic carbocycles. The van der Waals surface area contributed by atoms with Crippen LogP contribution < -0.4 is 21.9 Å². The maximum absolute atomic E-state index is 11.7. The van der Waals surface area contributed by atoms with Crippen molar-refractivity contribution in [1.82, 2.24) is 19.8 Å². The molecule has 1 saturated heterocycles. The summed E-state index contributed by atoms with van der Waals surface area (Å²) in [4.78, 5) is 34.3. The third-order valence-corrected chi connectivity index (χ3v) is 3.41. The Morgan fingerprint density at radius 2 is 2.05 bits per heavy atom. The van der Waals surface area contributed by atoms with Crippen LogP contribution in [0.25, 0.3) is 0 Å². The maximum atomic E-state index is 11.7. The quantitative estimate of drug-likeness (QED) is 0.691. The van der Waals surface area contributed by atoms with Crippen molar-refractivity contribution in [1.29, 1.82) is 0 Å². The van der Waals surface area contributed by atoms with E-state index in [4.69, 9.17) is 0 Å². The van der Waals surface area contributed by atoms with E-state index in [9.17, 15) is 14.4 Å². The Kier molecular flexibility index (Phi) is 3.84. The molecule has 7 heteroatoms. The van der Waals surface area contributed by atoms with E-state index in [1.165, 1.54) is 17.7 Å². The SMILES string of the molecule is Cn1c(CNCC2CCC(=O)N2)cc(=O)n(C)c1=O. The molecule has 7 nitrogen and oxygen atoms in total. The molecule has 2 heterocycles. The number of carbonyl (C=O) groups is 1. The first-order valence-electron chi connectivity index (χ1n) is 6.25. The summed E-state index contributed by atoms with van der Waals surface area (Å²) in [5.41, 5.74) is -0.00929. The van der Waals surface area contributed by atoms with Gasteiger partial charge in [0, 0.05) is 51.4 Å². The van der Waals surface area contributed by atoms with Crippen LogP contribution in [0.3, 0.4) is 0 Å². The second-order valence-electron chi connectivity index (χ2n) is 4.81. The highest BCUT2D eigenvalue weighted by Gasteiger charge is 2.19. The maximum Gasteiger partial charge on any atom is 0.330 e. The Morgan fingerprint density at radius 1 is 1.32 bits per heavy atom. The fraction of sp³-hybridized carbons (Fsp3) is 0.583. The minimum atomic E-state index is -0.335.